The lowest BCUT2D eigenvalue weighted by atomic mass is 9.95. The molecular weight excluding hydrogens is 310 g/mol. The van der Waals surface area contributed by atoms with Gasteiger partial charge < -0.3 is 10.2 Å². The lowest BCUT2D eigenvalue weighted by molar-refractivity contribution is -0.138. The van der Waals surface area contributed by atoms with Crippen LogP contribution in [0.1, 0.15) is 57.6 Å². The third-order valence-corrected chi connectivity index (χ3v) is 5.66. The first kappa shape index (κ1) is 16.4. The van der Waals surface area contributed by atoms with Crippen molar-refractivity contribution in [2.24, 2.45) is 11.8 Å². The summed E-state index contributed by atoms with van der Waals surface area (Å²) in [6.07, 6.45) is 5.01. The monoisotopic (exact) mass is 335 g/mol. The summed E-state index contributed by atoms with van der Waals surface area (Å²) in [4.78, 5) is 31.2. The third-order valence-electron chi connectivity index (χ3n) is 4.89. The molecule has 6 heteroatoms. The van der Waals surface area contributed by atoms with Crippen LogP contribution >= 0.6 is 11.3 Å². The molecule has 3 rings (SSSR count). The van der Waals surface area contributed by atoms with Crippen molar-refractivity contribution in [3.63, 3.8) is 0 Å². The second-order valence-corrected chi connectivity index (χ2v) is 7.63. The standard InChI is InChI=1S/C17H25N3O2S/c1-3-11(2)16(22)20-8-4-5-13(9-20)15(21)19-17-18-14(10-23-17)12-6-7-12/h10-13H,3-9H2,1-2H3,(H,18,19,21)/t11-,13+/m1/s1. The molecule has 1 saturated heterocycles. The summed E-state index contributed by atoms with van der Waals surface area (Å²) in [5.74, 6) is 0.704. The zero-order chi connectivity index (χ0) is 16.4. The number of carbonyl (C=O) groups excluding carboxylic acids is 2. The minimum absolute atomic E-state index is 0.00310. The van der Waals surface area contributed by atoms with Gasteiger partial charge in [-0.25, -0.2) is 4.98 Å². The molecule has 0 radical (unpaired) electrons. The molecule has 0 aromatic carbocycles. The van der Waals surface area contributed by atoms with Crippen molar-refractivity contribution >= 4 is 28.3 Å². The van der Waals surface area contributed by atoms with Gasteiger partial charge in [-0.2, -0.15) is 0 Å². The summed E-state index contributed by atoms with van der Waals surface area (Å²) in [5.41, 5.74) is 1.11. The number of carbonyl (C=O) groups is 2. The van der Waals surface area contributed by atoms with Crippen LogP contribution in [0, 0.1) is 11.8 Å². The van der Waals surface area contributed by atoms with Gasteiger partial charge in [0.15, 0.2) is 5.13 Å². The van der Waals surface area contributed by atoms with E-state index in [0.717, 1.165) is 31.5 Å². The second kappa shape index (κ2) is 6.99. The molecule has 23 heavy (non-hydrogen) atoms. The minimum atomic E-state index is -0.120. The molecule has 1 saturated carbocycles. The van der Waals surface area contributed by atoms with Crippen molar-refractivity contribution in [2.45, 2.75) is 51.9 Å². The highest BCUT2D eigenvalue weighted by Gasteiger charge is 2.31. The Balaban J connectivity index is 1.56. The summed E-state index contributed by atoms with van der Waals surface area (Å²) in [5, 5.41) is 5.69. The van der Waals surface area contributed by atoms with Crippen molar-refractivity contribution in [3.8, 4) is 0 Å². The van der Waals surface area contributed by atoms with E-state index in [4.69, 9.17) is 0 Å². The van der Waals surface area contributed by atoms with Crippen LogP contribution in [-0.4, -0.2) is 34.8 Å². The average Bonchev–Trinajstić information content (AvgIpc) is 3.33. The number of rotatable bonds is 5. The van der Waals surface area contributed by atoms with Crippen LogP contribution < -0.4 is 5.32 Å². The molecule has 1 N–H and O–H groups in total. The molecule has 2 fully saturated rings. The number of hydrogen-bond donors (Lipinski definition) is 1. The summed E-state index contributed by atoms with van der Waals surface area (Å²) in [7, 11) is 0. The van der Waals surface area contributed by atoms with Crippen LogP contribution in [-0.2, 0) is 9.59 Å². The van der Waals surface area contributed by atoms with Crippen molar-refractivity contribution in [2.75, 3.05) is 18.4 Å². The van der Waals surface area contributed by atoms with E-state index in [1.165, 1.54) is 24.2 Å². The van der Waals surface area contributed by atoms with E-state index in [-0.39, 0.29) is 23.7 Å². The molecule has 2 amide bonds. The largest absolute Gasteiger partial charge is 0.342 e. The number of amides is 2. The number of piperidine rings is 1. The Bertz CT molecular complexity index is 582. The molecule has 2 atom stereocenters. The Morgan fingerprint density at radius 2 is 2.22 bits per heavy atom. The molecule has 2 aliphatic rings. The predicted molar refractivity (Wildman–Crippen MR) is 91.5 cm³/mol. The highest BCUT2D eigenvalue weighted by atomic mass is 32.1. The molecule has 1 aromatic heterocycles. The molecule has 1 aromatic rings. The zero-order valence-corrected chi connectivity index (χ0v) is 14.7. The summed E-state index contributed by atoms with van der Waals surface area (Å²) in [6.45, 7) is 5.30. The van der Waals surface area contributed by atoms with Crippen LogP contribution in [0.2, 0.25) is 0 Å². The number of nitrogens with one attached hydrogen (secondary N) is 1. The summed E-state index contributed by atoms with van der Waals surface area (Å²) >= 11 is 1.50. The third kappa shape index (κ3) is 3.91. The maximum atomic E-state index is 12.5. The van der Waals surface area contributed by atoms with Crippen LogP contribution in [0.5, 0.6) is 0 Å². The van der Waals surface area contributed by atoms with Crippen LogP contribution in [0.15, 0.2) is 5.38 Å². The summed E-state index contributed by atoms with van der Waals surface area (Å²) < 4.78 is 0. The lowest BCUT2D eigenvalue weighted by Crippen LogP contribution is -2.45. The Hall–Kier alpha value is -1.43. The molecule has 1 aliphatic heterocycles. The van der Waals surface area contributed by atoms with E-state index in [1.807, 2.05) is 24.1 Å². The molecule has 0 spiro atoms. The smallest absolute Gasteiger partial charge is 0.231 e. The second-order valence-electron chi connectivity index (χ2n) is 6.77. The maximum Gasteiger partial charge on any atom is 0.231 e. The highest BCUT2D eigenvalue weighted by molar-refractivity contribution is 7.13. The zero-order valence-electron chi connectivity index (χ0n) is 13.9. The van der Waals surface area contributed by atoms with Crippen molar-refractivity contribution in [3.05, 3.63) is 11.1 Å². The van der Waals surface area contributed by atoms with Crippen LogP contribution in [0.4, 0.5) is 5.13 Å². The van der Waals surface area contributed by atoms with Gasteiger partial charge in [-0.1, -0.05) is 13.8 Å². The fourth-order valence-electron chi connectivity index (χ4n) is 3.00. The Kier molecular flexibility index (Phi) is 4.99. The van der Waals surface area contributed by atoms with Gasteiger partial charge >= 0.3 is 0 Å². The molecular formula is C17H25N3O2S. The first-order chi connectivity index (χ1) is 11.1. The van der Waals surface area contributed by atoms with E-state index in [2.05, 4.69) is 10.3 Å². The number of hydrogen-bond acceptors (Lipinski definition) is 4. The van der Waals surface area contributed by atoms with Gasteiger partial charge in [0, 0.05) is 30.3 Å². The first-order valence-corrected chi connectivity index (χ1v) is 9.51. The first-order valence-electron chi connectivity index (χ1n) is 8.63. The van der Waals surface area contributed by atoms with E-state index in [0.29, 0.717) is 17.6 Å². The maximum absolute atomic E-state index is 12.5. The quantitative estimate of drug-likeness (QED) is 0.898. The highest BCUT2D eigenvalue weighted by Crippen LogP contribution is 2.40. The van der Waals surface area contributed by atoms with Gasteiger partial charge in [0.2, 0.25) is 11.8 Å². The Labute approximate surface area is 141 Å². The normalized spacial score (nSPS) is 22.7. The molecule has 5 nitrogen and oxygen atoms in total. The van der Waals surface area contributed by atoms with Crippen molar-refractivity contribution in [1.82, 2.24) is 9.88 Å². The number of aromatic nitrogens is 1. The minimum Gasteiger partial charge on any atom is -0.342 e. The van der Waals surface area contributed by atoms with Crippen molar-refractivity contribution < 1.29 is 9.59 Å². The van der Waals surface area contributed by atoms with Gasteiger partial charge in [0.1, 0.15) is 0 Å². The number of thiazole rings is 1. The fourth-order valence-corrected chi connectivity index (χ4v) is 3.79. The van der Waals surface area contributed by atoms with Gasteiger partial charge in [0.25, 0.3) is 0 Å². The number of anilines is 1. The summed E-state index contributed by atoms with van der Waals surface area (Å²) in [6, 6.07) is 0. The van der Waals surface area contributed by atoms with E-state index >= 15 is 0 Å². The fraction of sp³-hybridized carbons (Fsp3) is 0.706. The molecule has 0 bridgehead atoms. The molecule has 126 valence electrons. The van der Waals surface area contributed by atoms with E-state index in [9.17, 15) is 9.59 Å². The van der Waals surface area contributed by atoms with E-state index < -0.39 is 0 Å². The van der Waals surface area contributed by atoms with Gasteiger partial charge in [-0.15, -0.1) is 11.3 Å². The number of nitrogens with zero attached hydrogens (tertiary/aromatic N) is 2. The van der Waals surface area contributed by atoms with E-state index in [1.54, 1.807) is 0 Å². The van der Waals surface area contributed by atoms with Crippen LogP contribution in [0.3, 0.4) is 0 Å². The predicted octanol–water partition coefficient (Wildman–Crippen LogP) is 3.24. The molecule has 0 unspecified atom stereocenters. The Morgan fingerprint density at radius 1 is 1.43 bits per heavy atom. The molecule has 1 aliphatic carbocycles. The lowest BCUT2D eigenvalue weighted by Gasteiger charge is -2.33. The van der Waals surface area contributed by atoms with Crippen LogP contribution in [0.25, 0.3) is 0 Å². The Morgan fingerprint density at radius 3 is 2.91 bits per heavy atom. The van der Waals surface area contributed by atoms with Gasteiger partial charge in [-0.05, 0) is 32.1 Å². The molecule has 2 heterocycles. The number of likely N-dealkylation sites (tertiary alicyclic amines) is 1. The van der Waals surface area contributed by atoms with Gasteiger partial charge in [0.05, 0.1) is 11.6 Å². The SMILES string of the molecule is CC[C@@H](C)C(=O)N1CCC[C@H](C(=O)Nc2nc(C3CC3)cs2)C1. The average molecular weight is 335 g/mol. The topological polar surface area (TPSA) is 62.3 Å². The van der Waals surface area contributed by atoms with Crippen molar-refractivity contribution in [1.29, 1.82) is 0 Å². The van der Waals surface area contributed by atoms with Gasteiger partial charge in [-0.3, -0.25) is 9.59 Å².